The molecule has 1 fully saturated rings. The van der Waals surface area contributed by atoms with Gasteiger partial charge in [-0.3, -0.25) is 4.79 Å². The highest BCUT2D eigenvalue weighted by molar-refractivity contribution is 6.29. The number of alkyl carbamates (subject to hydrolysis) is 1. The fraction of sp³-hybridized carbons (Fsp3) is 0.625. The number of nitrogens with zero attached hydrogens (tertiary/aromatic N) is 2. The van der Waals surface area contributed by atoms with E-state index in [1.54, 1.807) is 6.07 Å². The van der Waals surface area contributed by atoms with Crippen molar-refractivity contribution in [3.05, 3.63) is 23.0 Å². The number of halogens is 1. The standard InChI is InChI=1S/C16H23ClN4O3/c1-16(2,3)24-15(23)19-11-6-4-10(5-7-11)18-14(22)12-8-9-13(17)21-20-12/h8-11H,4-7H2,1-3H3,(H,18,22)(H,19,23). The maximum Gasteiger partial charge on any atom is 0.407 e. The summed E-state index contributed by atoms with van der Waals surface area (Å²) in [7, 11) is 0. The normalized spacial score (nSPS) is 21.0. The number of hydrogen-bond acceptors (Lipinski definition) is 5. The van der Waals surface area contributed by atoms with E-state index in [1.165, 1.54) is 6.07 Å². The van der Waals surface area contributed by atoms with E-state index >= 15 is 0 Å². The fourth-order valence-electron chi connectivity index (χ4n) is 2.55. The summed E-state index contributed by atoms with van der Waals surface area (Å²) in [4.78, 5) is 23.9. The van der Waals surface area contributed by atoms with Crippen LogP contribution in [0.1, 0.15) is 56.9 Å². The molecular formula is C16H23ClN4O3. The summed E-state index contributed by atoms with van der Waals surface area (Å²) in [5.41, 5.74) is -0.261. The predicted molar refractivity (Wildman–Crippen MR) is 89.9 cm³/mol. The van der Waals surface area contributed by atoms with Gasteiger partial charge in [-0.25, -0.2) is 4.79 Å². The molecule has 2 amide bonds. The van der Waals surface area contributed by atoms with Gasteiger partial charge < -0.3 is 15.4 Å². The topological polar surface area (TPSA) is 93.2 Å². The van der Waals surface area contributed by atoms with Gasteiger partial charge in [-0.15, -0.1) is 10.2 Å². The summed E-state index contributed by atoms with van der Waals surface area (Å²) < 4.78 is 5.25. The third-order valence-electron chi connectivity index (χ3n) is 3.65. The van der Waals surface area contributed by atoms with E-state index in [0.717, 1.165) is 25.7 Å². The van der Waals surface area contributed by atoms with Crippen LogP contribution in [0.4, 0.5) is 4.79 Å². The average Bonchev–Trinajstić information content (AvgIpc) is 2.48. The average molecular weight is 355 g/mol. The molecule has 0 spiro atoms. The SMILES string of the molecule is CC(C)(C)OC(=O)NC1CCC(NC(=O)c2ccc(Cl)nn2)CC1. The lowest BCUT2D eigenvalue weighted by Crippen LogP contribution is -2.45. The molecule has 2 N–H and O–H groups in total. The predicted octanol–water partition coefficient (Wildman–Crippen LogP) is 2.70. The van der Waals surface area contributed by atoms with Gasteiger partial charge in [0.05, 0.1) is 0 Å². The summed E-state index contributed by atoms with van der Waals surface area (Å²) in [6.45, 7) is 5.50. The maximum absolute atomic E-state index is 12.1. The lowest BCUT2D eigenvalue weighted by molar-refractivity contribution is 0.0488. The molecule has 24 heavy (non-hydrogen) atoms. The van der Waals surface area contributed by atoms with Crippen LogP contribution >= 0.6 is 11.6 Å². The number of ether oxygens (including phenoxy) is 1. The molecule has 0 bridgehead atoms. The first-order valence-electron chi connectivity index (χ1n) is 8.02. The van der Waals surface area contributed by atoms with Crippen LogP contribution in [-0.2, 0) is 4.74 Å². The Bertz CT molecular complexity index is 578. The minimum Gasteiger partial charge on any atom is -0.444 e. The van der Waals surface area contributed by atoms with Gasteiger partial charge in [0, 0.05) is 12.1 Å². The number of hydrogen-bond donors (Lipinski definition) is 2. The molecule has 8 heteroatoms. The first-order valence-corrected chi connectivity index (χ1v) is 8.40. The van der Waals surface area contributed by atoms with Crippen molar-refractivity contribution in [1.82, 2.24) is 20.8 Å². The van der Waals surface area contributed by atoms with Crippen molar-refractivity contribution >= 4 is 23.6 Å². The molecule has 0 aliphatic heterocycles. The van der Waals surface area contributed by atoms with Crippen molar-refractivity contribution in [2.45, 2.75) is 64.1 Å². The number of carbonyl (C=O) groups excluding carboxylic acids is 2. The van der Waals surface area contributed by atoms with Crippen molar-refractivity contribution < 1.29 is 14.3 Å². The number of aromatic nitrogens is 2. The van der Waals surface area contributed by atoms with Gasteiger partial charge in [0.25, 0.3) is 5.91 Å². The van der Waals surface area contributed by atoms with Gasteiger partial charge >= 0.3 is 6.09 Å². The zero-order valence-corrected chi connectivity index (χ0v) is 14.9. The van der Waals surface area contributed by atoms with Crippen LogP contribution in [0, 0.1) is 0 Å². The van der Waals surface area contributed by atoms with E-state index in [0.29, 0.717) is 0 Å². The van der Waals surface area contributed by atoms with Crippen LogP contribution in [0.5, 0.6) is 0 Å². The van der Waals surface area contributed by atoms with Gasteiger partial charge in [-0.1, -0.05) is 11.6 Å². The van der Waals surface area contributed by atoms with Crippen molar-refractivity contribution in [1.29, 1.82) is 0 Å². The number of rotatable bonds is 3. The van der Waals surface area contributed by atoms with Crippen molar-refractivity contribution in [2.75, 3.05) is 0 Å². The van der Waals surface area contributed by atoms with Crippen molar-refractivity contribution in [3.63, 3.8) is 0 Å². The molecule has 1 heterocycles. The Balaban J connectivity index is 1.75. The van der Waals surface area contributed by atoms with Gasteiger partial charge in [0.15, 0.2) is 10.8 Å². The maximum atomic E-state index is 12.1. The van der Waals surface area contributed by atoms with Gasteiger partial charge in [-0.05, 0) is 58.6 Å². The van der Waals surface area contributed by atoms with E-state index in [1.807, 2.05) is 20.8 Å². The zero-order chi connectivity index (χ0) is 17.7. The Morgan fingerprint density at radius 2 is 1.67 bits per heavy atom. The smallest absolute Gasteiger partial charge is 0.407 e. The van der Waals surface area contributed by atoms with Crippen LogP contribution in [0.3, 0.4) is 0 Å². The van der Waals surface area contributed by atoms with Crippen molar-refractivity contribution in [3.8, 4) is 0 Å². The highest BCUT2D eigenvalue weighted by Gasteiger charge is 2.26. The summed E-state index contributed by atoms with van der Waals surface area (Å²) in [6.07, 6.45) is 2.75. The molecule has 1 aromatic rings. The molecule has 0 atom stereocenters. The minimum absolute atomic E-state index is 0.0617. The molecule has 1 aliphatic rings. The second kappa shape index (κ2) is 7.79. The van der Waals surface area contributed by atoms with Crippen LogP contribution in [0.25, 0.3) is 0 Å². The largest absolute Gasteiger partial charge is 0.444 e. The number of amides is 2. The molecule has 0 saturated heterocycles. The molecule has 0 aromatic carbocycles. The first-order chi connectivity index (χ1) is 11.2. The third kappa shape index (κ3) is 5.96. The number of carbonyl (C=O) groups is 2. The lowest BCUT2D eigenvalue weighted by atomic mass is 9.91. The number of nitrogens with one attached hydrogen (secondary N) is 2. The lowest BCUT2D eigenvalue weighted by Gasteiger charge is -2.30. The highest BCUT2D eigenvalue weighted by Crippen LogP contribution is 2.19. The molecule has 1 aromatic heterocycles. The van der Waals surface area contributed by atoms with Crippen LogP contribution < -0.4 is 10.6 Å². The summed E-state index contributed by atoms with van der Waals surface area (Å²) in [5.74, 6) is -0.261. The zero-order valence-electron chi connectivity index (χ0n) is 14.1. The molecule has 1 saturated carbocycles. The van der Waals surface area contributed by atoms with E-state index < -0.39 is 11.7 Å². The van der Waals surface area contributed by atoms with E-state index in [2.05, 4.69) is 20.8 Å². The van der Waals surface area contributed by atoms with Crippen LogP contribution in [-0.4, -0.2) is 39.9 Å². The molecule has 1 aliphatic carbocycles. The van der Waals surface area contributed by atoms with Crippen LogP contribution in [0.2, 0.25) is 5.15 Å². The summed E-state index contributed by atoms with van der Waals surface area (Å²) in [6, 6.07) is 3.21. The molecule has 7 nitrogen and oxygen atoms in total. The molecule has 0 unspecified atom stereocenters. The quantitative estimate of drug-likeness (QED) is 0.870. The van der Waals surface area contributed by atoms with E-state index in [4.69, 9.17) is 16.3 Å². The first kappa shape index (κ1) is 18.4. The molecular weight excluding hydrogens is 332 g/mol. The summed E-state index contributed by atoms with van der Waals surface area (Å²) in [5, 5.41) is 13.5. The Morgan fingerprint density at radius 1 is 1.08 bits per heavy atom. The monoisotopic (exact) mass is 354 g/mol. The minimum atomic E-state index is -0.505. The Kier molecular flexibility index (Phi) is 5.99. The fourth-order valence-corrected chi connectivity index (χ4v) is 2.65. The Labute approximate surface area is 146 Å². The second-order valence-corrected chi connectivity index (χ2v) is 7.30. The van der Waals surface area contributed by atoms with E-state index in [9.17, 15) is 9.59 Å². The highest BCUT2D eigenvalue weighted by atomic mass is 35.5. The van der Waals surface area contributed by atoms with Gasteiger partial charge in [0.2, 0.25) is 0 Å². The molecule has 0 radical (unpaired) electrons. The van der Waals surface area contributed by atoms with Crippen molar-refractivity contribution in [2.24, 2.45) is 0 Å². The Hall–Kier alpha value is -1.89. The Morgan fingerprint density at radius 3 is 2.17 bits per heavy atom. The third-order valence-corrected chi connectivity index (χ3v) is 3.85. The summed E-state index contributed by atoms with van der Waals surface area (Å²) >= 11 is 5.66. The van der Waals surface area contributed by atoms with Gasteiger partial charge in [0.1, 0.15) is 5.60 Å². The van der Waals surface area contributed by atoms with Crippen LogP contribution in [0.15, 0.2) is 12.1 Å². The second-order valence-electron chi connectivity index (χ2n) is 6.91. The van der Waals surface area contributed by atoms with Gasteiger partial charge in [-0.2, -0.15) is 0 Å². The molecule has 132 valence electrons. The van der Waals surface area contributed by atoms with E-state index in [-0.39, 0.29) is 28.8 Å². The molecule has 2 rings (SSSR count).